The molecule has 2 amide bonds. The third-order valence-electron chi connectivity index (χ3n) is 5.95. The van der Waals surface area contributed by atoms with E-state index in [1.165, 1.54) is 0 Å². The summed E-state index contributed by atoms with van der Waals surface area (Å²) in [6, 6.07) is 1.57. The van der Waals surface area contributed by atoms with E-state index in [4.69, 9.17) is 5.73 Å². The number of likely N-dealkylation sites (N-methyl/N-ethyl adjacent to an activating group) is 1. The molecule has 27 heavy (non-hydrogen) atoms. The van der Waals surface area contributed by atoms with Crippen molar-refractivity contribution in [2.75, 3.05) is 26.7 Å². The van der Waals surface area contributed by atoms with Gasteiger partial charge < -0.3 is 20.5 Å². The highest BCUT2D eigenvalue weighted by Gasteiger charge is 2.51. The quantitative estimate of drug-likeness (QED) is 0.790. The van der Waals surface area contributed by atoms with E-state index in [0.717, 1.165) is 19.4 Å². The van der Waals surface area contributed by atoms with Crippen molar-refractivity contribution >= 4 is 11.8 Å². The number of likely N-dealkylation sites (tertiary alicyclic amines) is 2. The van der Waals surface area contributed by atoms with Gasteiger partial charge in [-0.1, -0.05) is 13.8 Å². The molecule has 148 valence electrons. The number of primary amides is 1. The lowest BCUT2D eigenvalue weighted by atomic mass is 9.68. The van der Waals surface area contributed by atoms with Crippen molar-refractivity contribution < 1.29 is 9.59 Å². The molecule has 0 bridgehead atoms. The van der Waals surface area contributed by atoms with Crippen LogP contribution in [0.2, 0.25) is 0 Å². The number of hydrogen-bond acceptors (Lipinski definition) is 5. The highest BCUT2D eigenvalue weighted by molar-refractivity contribution is 5.93. The van der Waals surface area contributed by atoms with Crippen LogP contribution in [0.15, 0.2) is 10.9 Å². The van der Waals surface area contributed by atoms with Gasteiger partial charge in [-0.05, 0) is 51.3 Å². The van der Waals surface area contributed by atoms with E-state index in [1.807, 2.05) is 20.9 Å². The van der Waals surface area contributed by atoms with Crippen LogP contribution in [-0.4, -0.2) is 64.3 Å². The molecule has 0 spiro atoms. The van der Waals surface area contributed by atoms with E-state index in [-0.39, 0.29) is 23.6 Å². The average Bonchev–Trinajstić information content (AvgIpc) is 2.60. The molecular formula is C19H29N5O3. The molecule has 8 nitrogen and oxygen atoms in total. The van der Waals surface area contributed by atoms with Gasteiger partial charge in [-0.15, -0.1) is 0 Å². The number of carbonyl (C=O) groups excluding carboxylic acids is 2. The average molecular weight is 375 g/mol. The largest absolute Gasteiger partial charge is 0.369 e. The lowest BCUT2D eigenvalue weighted by molar-refractivity contribution is -0.139. The van der Waals surface area contributed by atoms with E-state index < -0.39 is 11.1 Å². The van der Waals surface area contributed by atoms with Gasteiger partial charge >= 0.3 is 5.69 Å². The molecule has 2 aliphatic rings. The van der Waals surface area contributed by atoms with Crippen molar-refractivity contribution in [1.82, 2.24) is 19.8 Å². The second kappa shape index (κ2) is 7.42. The van der Waals surface area contributed by atoms with Gasteiger partial charge in [0.2, 0.25) is 5.91 Å². The topological polar surface area (TPSA) is 112 Å². The van der Waals surface area contributed by atoms with Crippen molar-refractivity contribution in [3.8, 4) is 0 Å². The first-order valence-corrected chi connectivity index (χ1v) is 9.62. The van der Waals surface area contributed by atoms with Crippen molar-refractivity contribution in [2.45, 2.75) is 45.6 Å². The maximum atomic E-state index is 13.0. The zero-order valence-corrected chi connectivity index (χ0v) is 16.3. The number of aromatic amines is 1. The normalized spacial score (nSPS) is 26.1. The van der Waals surface area contributed by atoms with Gasteiger partial charge in [-0.2, -0.15) is 4.98 Å². The van der Waals surface area contributed by atoms with Gasteiger partial charge in [0.05, 0.1) is 5.41 Å². The minimum absolute atomic E-state index is 0.0985. The van der Waals surface area contributed by atoms with Crippen molar-refractivity contribution in [3.63, 3.8) is 0 Å². The van der Waals surface area contributed by atoms with Gasteiger partial charge in [-0.25, -0.2) is 4.79 Å². The molecule has 3 rings (SSSR count). The molecule has 0 radical (unpaired) electrons. The summed E-state index contributed by atoms with van der Waals surface area (Å²) in [6.07, 6.45) is 2.92. The summed E-state index contributed by atoms with van der Waals surface area (Å²) in [7, 11) is 1.97. The van der Waals surface area contributed by atoms with E-state index in [9.17, 15) is 14.4 Å². The van der Waals surface area contributed by atoms with Crippen LogP contribution in [0.3, 0.4) is 0 Å². The lowest BCUT2D eigenvalue weighted by Crippen LogP contribution is -2.65. The Hall–Kier alpha value is -2.22. The summed E-state index contributed by atoms with van der Waals surface area (Å²) in [5, 5.41) is 0. The molecule has 8 heteroatoms. The Morgan fingerprint density at radius 1 is 1.37 bits per heavy atom. The van der Waals surface area contributed by atoms with Gasteiger partial charge in [0.15, 0.2) is 0 Å². The summed E-state index contributed by atoms with van der Waals surface area (Å²) < 4.78 is 0. The smallest absolute Gasteiger partial charge is 0.345 e. The first-order valence-electron chi connectivity index (χ1n) is 9.62. The minimum Gasteiger partial charge on any atom is -0.369 e. The molecule has 2 atom stereocenters. The number of nitrogens with zero attached hydrogens (tertiary/aromatic N) is 3. The van der Waals surface area contributed by atoms with Gasteiger partial charge in [-0.3, -0.25) is 9.59 Å². The van der Waals surface area contributed by atoms with Crippen molar-refractivity contribution in [1.29, 1.82) is 0 Å². The predicted molar refractivity (Wildman–Crippen MR) is 101 cm³/mol. The Labute approximate surface area is 159 Å². The number of H-pyrrole nitrogens is 1. The van der Waals surface area contributed by atoms with Crippen molar-refractivity contribution in [3.05, 3.63) is 27.9 Å². The Balaban J connectivity index is 1.84. The Bertz CT molecular complexity index is 790. The highest BCUT2D eigenvalue weighted by Crippen LogP contribution is 2.41. The van der Waals surface area contributed by atoms with Crippen LogP contribution in [0.4, 0.5) is 0 Å². The van der Waals surface area contributed by atoms with Crippen LogP contribution in [0, 0.1) is 11.3 Å². The first-order chi connectivity index (χ1) is 12.7. The number of fused-ring (bicyclic) bond motifs is 1. The van der Waals surface area contributed by atoms with E-state index >= 15 is 0 Å². The molecule has 3 heterocycles. The standard InChI is InChI=1S/C19H29N5O3/c1-12(2)9-13-10-14(22-18(27)21-13)16(25)24-8-6-19(17(20)26)5-4-7-23(3)15(19)11-24/h10,12,15H,4-9,11H2,1-3H3,(H2,20,26)(H,21,22,27)/t15-,19+/m0/s1. The molecular weight excluding hydrogens is 346 g/mol. The van der Waals surface area contributed by atoms with Crippen LogP contribution in [0.25, 0.3) is 0 Å². The van der Waals surface area contributed by atoms with E-state index in [1.54, 1.807) is 11.0 Å². The summed E-state index contributed by atoms with van der Waals surface area (Å²) in [6.45, 7) is 5.84. The number of aromatic nitrogens is 2. The molecule has 2 saturated heterocycles. The number of nitrogens with one attached hydrogen (secondary N) is 1. The third kappa shape index (κ3) is 3.76. The van der Waals surface area contributed by atoms with Crippen LogP contribution >= 0.6 is 0 Å². The predicted octanol–water partition coefficient (Wildman–Crippen LogP) is 0.380. The fraction of sp³-hybridized carbons (Fsp3) is 0.684. The van der Waals surface area contributed by atoms with E-state index in [0.29, 0.717) is 37.5 Å². The van der Waals surface area contributed by atoms with Gasteiger partial charge in [0.1, 0.15) is 5.69 Å². The molecule has 0 unspecified atom stereocenters. The maximum absolute atomic E-state index is 13.0. The first kappa shape index (κ1) is 19.5. The molecule has 2 aliphatic heterocycles. The Morgan fingerprint density at radius 2 is 2.11 bits per heavy atom. The summed E-state index contributed by atoms with van der Waals surface area (Å²) in [4.78, 5) is 47.6. The SMILES string of the molecule is CC(C)Cc1cc(C(=O)N2CC[C@]3(C(N)=O)CCCN(C)[C@H]3C2)nc(=O)[nH]1. The lowest BCUT2D eigenvalue weighted by Gasteiger charge is -2.52. The fourth-order valence-corrected chi connectivity index (χ4v) is 4.55. The number of carbonyl (C=O) groups is 2. The maximum Gasteiger partial charge on any atom is 0.345 e. The van der Waals surface area contributed by atoms with E-state index in [2.05, 4.69) is 14.9 Å². The third-order valence-corrected chi connectivity index (χ3v) is 5.95. The summed E-state index contributed by atoms with van der Waals surface area (Å²) >= 11 is 0. The fourth-order valence-electron chi connectivity index (χ4n) is 4.55. The number of hydrogen-bond donors (Lipinski definition) is 2. The van der Waals surface area contributed by atoms with Crippen LogP contribution in [0.5, 0.6) is 0 Å². The molecule has 0 saturated carbocycles. The molecule has 1 aromatic heterocycles. The zero-order valence-electron chi connectivity index (χ0n) is 16.3. The van der Waals surface area contributed by atoms with Crippen molar-refractivity contribution in [2.24, 2.45) is 17.1 Å². The highest BCUT2D eigenvalue weighted by atomic mass is 16.2. The Morgan fingerprint density at radius 3 is 2.78 bits per heavy atom. The monoisotopic (exact) mass is 375 g/mol. The van der Waals surface area contributed by atoms with Crippen LogP contribution < -0.4 is 11.4 Å². The van der Waals surface area contributed by atoms with Crippen LogP contribution in [0.1, 0.15) is 49.3 Å². The molecule has 3 N–H and O–H groups in total. The molecule has 2 fully saturated rings. The number of piperidine rings is 2. The zero-order chi connectivity index (χ0) is 19.8. The minimum atomic E-state index is -0.575. The molecule has 1 aromatic rings. The van der Waals surface area contributed by atoms with Gasteiger partial charge in [0, 0.05) is 24.8 Å². The van der Waals surface area contributed by atoms with Gasteiger partial charge in [0.25, 0.3) is 5.91 Å². The molecule has 0 aromatic carbocycles. The second-order valence-electron chi connectivity index (χ2n) is 8.32. The number of amides is 2. The second-order valence-corrected chi connectivity index (χ2v) is 8.32. The number of nitrogens with two attached hydrogens (primary N) is 1. The van der Waals surface area contributed by atoms with Crippen LogP contribution in [-0.2, 0) is 11.2 Å². The summed E-state index contributed by atoms with van der Waals surface area (Å²) in [5.41, 5.74) is 5.57. The Kier molecular flexibility index (Phi) is 5.37. The summed E-state index contributed by atoms with van der Waals surface area (Å²) in [5.74, 6) is -0.184. The number of rotatable bonds is 4. The molecule has 0 aliphatic carbocycles.